The summed E-state index contributed by atoms with van der Waals surface area (Å²) in [6, 6.07) is 12.0. The van der Waals surface area contributed by atoms with Crippen molar-refractivity contribution in [1.29, 1.82) is 0 Å². The summed E-state index contributed by atoms with van der Waals surface area (Å²) >= 11 is 12.6. The largest absolute Gasteiger partial charge is 0.294 e. The van der Waals surface area contributed by atoms with Gasteiger partial charge in [0.2, 0.25) is 0 Å². The molecule has 0 aliphatic heterocycles. The molecule has 0 saturated heterocycles. The average Bonchev–Trinajstić information content (AvgIpc) is 2.48. The van der Waals surface area contributed by atoms with E-state index in [1.54, 1.807) is 6.08 Å². The average molecular weight is 313 g/mol. The van der Waals surface area contributed by atoms with E-state index in [1.165, 1.54) is 0 Å². The summed E-state index contributed by atoms with van der Waals surface area (Å²) in [6.07, 6.45) is 4.13. The van der Waals surface area contributed by atoms with Gasteiger partial charge >= 0.3 is 0 Å². The van der Waals surface area contributed by atoms with Gasteiger partial charge in [-0.25, -0.2) is 0 Å². The van der Waals surface area contributed by atoms with E-state index in [0.717, 1.165) is 32.0 Å². The molecule has 0 aromatic heterocycles. The zero-order valence-electron chi connectivity index (χ0n) is 11.0. The van der Waals surface area contributed by atoms with Crippen LogP contribution in [0.15, 0.2) is 36.4 Å². The molecular weight excluding hydrogens is 303 g/mol. The fraction of sp³-hybridized carbons (Fsp3) is 0.0556. The second-order valence-corrected chi connectivity index (χ2v) is 6.03. The zero-order valence-corrected chi connectivity index (χ0v) is 12.5. The van der Waals surface area contributed by atoms with Gasteiger partial charge in [0.25, 0.3) is 0 Å². The molecule has 21 heavy (non-hydrogen) atoms. The summed E-state index contributed by atoms with van der Waals surface area (Å²) in [7, 11) is 0. The fourth-order valence-corrected chi connectivity index (χ4v) is 3.34. The van der Waals surface area contributed by atoms with E-state index >= 15 is 0 Å². The van der Waals surface area contributed by atoms with Crippen molar-refractivity contribution >= 4 is 62.7 Å². The van der Waals surface area contributed by atoms with Crippen LogP contribution in [0, 0.1) is 0 Å². The molecule has 0 fully saturated rings. The molecule has 3 aromatic rings. The molecule has 0 N–H and O–H groups in total. The van der Waals surface area contributed by atoms with Gasteiger partial charge in [0.1, 0.15) is 0 Å². The number of benzene rings is 3. The second-order valence-electron chi connectivity index (χ2n) is 5.25. The lowest BCUT2D eigenvalue weighted by molar-refractivity contribution is -0.112. The van der Waals surface area contributed by atoms with Crippen LogP contribution in [-0.2, 0) is 4.79 Å². The monoisotopic (exact) mass is 312 g/mol. The Morgan fingerprint density at radius 3 is 2.52 bits per heavy atom. The van der Waals surface area contributed by atoms with Crippen molar-refractivity contribution in [2.24, 2.45) is 0 Å². The van der Waals surface area contributed by atoms with Gasteiger partial charge in [0.15, 0.2) is 5.78 Å². The summed E-state index contributed by atoms with van der Waals surface area (Å²) in [5, 5.41) is 7.34. The molecule has 1 nitrogen and oxygen atoms in total. The van der Waals surface area contributed by atoms with Crippen LogP contribution >= 0.6 is 23.2 Å². The predicted octanol–water partition coefficient (Wildman–Crippen LogP) is 3.83. The van der Waals surface area contributed by atoms with Crippen LogP contribution in [0.2, 0.25) is 10.0 Å². The van der Waals surface area contributed by atoms with Crippen molar-refractivity contribution in [3.8, 4) is 0 Å². The van der Waals surface area contributed by atoms with Crippen molar-refractivity contribution in [2.75, 3.05) is 0 Å². The molecule has 0 saturated carbocycles. The molecule has 3 aromatic carbocycles. The Morgan fingerprint density at radius 1 is 0.905 bits per heavy atom. The molecule has 4 rings (SSSR count). The van der Waals surface area contributed by atoms with Crippen molar-refractivity contribution in [3.05, 3.63) is 56.9 Å². The zero-order chi connectivity index (χ0) is 14.6. The minimum atomic E-state index is 0.142. The Hall–Kier alpha value is -1.83. The van der Waals surface area contributed by atoms with Gasteiger partial charge in [-0.2, -0.15) is 0 Å². The number of halogens is 2. The molecule has 0 bridgehead atoms. The van der Waals surface area contributed by atoms with Crippen LogP contribution < -0.4 is 10.4 Å². The molecule has 102 valence electrons. The molecule has 0 heterocycles. The number of carbonyl (C=O) groups excluding carboxylic acids is 1. The Kier molecular flexibility index (Phi) is 2.81. The Bertz CT molecular complexity index is 1050. The van der Waals surface area contributed by atoms with Gasteiger partial charge in [-0.3, -0.25) is 4.79 Å². The Morgan fingerprint density at radius 2 is 1.67 bits per heavy atom. The third kappa shape index (κ3) is 1.97. The Labute approximate surface area is 131 Å². The first-order valence-electron chi connectivity index (χ1n) is 6.69. The SMILES string of the molecule is O=C1C=c2cc3ccc4ccc(Cl)c(Cl)c4c3cc2=CC1. The maximum absolute atomic E-state index is 11.5. The predicted molar refractivity (Wildman–Crippen MR) is 89.3 cm³/mol. The molecule has 0 atom stereocenters. The van der Waals surface area contributed by atoms with Crippen molar-refractivity contribution in [2.45, 2.75) is 6.42 Å². The number of ketones is 1. The third-order valence-electron chi connectivity index (χ3n) is 3.93. The van der Waals surface area contributed by atoms with Crippen molar-refractivity contribution in [3.63, 3.8) is 0 Å². The van der Waals surface area contributed by atoms with Gasteiger partial charge in [-0.05, 0) is 50.9 Å². The lowest BCUT2D eigenvalue weighted by atomic mass is 9.98. The van der Waals surface area contributed by atoms with Gasteiger partial charge in [0.05, 0.1) is 10.0 Å². The topological polar surface area (TPSA) is 17.1 Å². The van der Waals surface area contributed by atoms with Crippen LogP contribution in [-0.4, -0.2) is 5.78 Å². The van der Waals surface area contributed by atoms with Crippen LogP contribution in [0.1, 0.15) is 6.42 Å². The Balaban J connectivity index is 2.25. The summed E-state index contributed by atoms with van der Waals surface area (Å²) < 4.78 is 0. The van der Waals surface area contributed by atoms with E-state index in [0.29, 0.717) is 16.5 Å². The molecule has 0 amide bonds. The summed E-state index contributed by atoms with van der Waals surface area (Å²) in [4.78, 5) is 11.5. The maximum atomic E-state index is 11.5. The first kappa shape index (κ1) is 12.9. The molecule has 0 spiro atoms. The van der Waals surface area contributed by atoms with E-state index in [4.69, 9.17) is 23.2 Å². The summed E-state index contributed by atoms with van der Waals surface area (Å²) in [5.41, 5.74) is 0. The number of carbonyl (C=O) groups is 1. The number of Topliss-reactive ketones (excluding diaryl/α,β-unsaturated/α-hetero) is 1. The van der Waals surface area contributed by atoms with Crippen LogP contribution in [0.5, 0.6) is 0 Å². The van der Waals surface area contributed by atoms with Gasteiger partial charge in [0, 0.05) is 11.8 Å². The minimum absolute atomic E-state index is 0.142. The highest BCUT2D eigenvalue weighted by Crippen LogP contribution is 2.35. The van der Waals surface area contributed by atoms with Gasteiger partial charge in [-0.15, -0.1) is 0 Å². The van der Waals surface area contributed by atoms with Crippen molar-refractivity contribution < 1.29 is 4.79 Å². The normalized spacial score (nSPS) is 13.9. The maximum Gasteiger partial charge on any atom is 0.160 e. The number of hydrogen-bond donors (Lipinski definition) is 0. The molecule has 0 unspecified atom stereocenters. The van der Waals surface area contributed by atoms with Gasteiger partial charge in [-0.1, -0.05) is 47.5 Å². The number of fused-ring (bicyclic) bond motifs is 4. The molecule has 1 aliphatic carbocycles. The van der Waals surface area contributed by atoms with E-state index < -0.39 is 0 Å². The van der Waals surface area contributed by atoms with Crippen molar-refractivity contribution in [1.82, 2.24) is 0 Å². The van der Waals surface area contributed by atoms with Crippen LogP contribution in [0.4, 0.5) is 0 Å². The molecule has 1 aliphatic rings. The third-order valence-corrected chi connectivity index (χ3v) is 4.74. The van der Waals surface area contributed by atoms with E-state index in [1.807, 2.05) is 30.3 Å². The first-order valence-corrected chi connectivity index (χ1v) is 7.44. The minimum Gasteiger partial charge on any atom is -0.294 e. The highest BCUT2D eigenvalue weighted by Gasteiger charge is 2.09. The number of hydrogen-bond acceptors (Lipinski definition) is 1. The standard InChI is InChI=1S/C18H10Cl2O/c19-16-6-4-10-1-2-12-7-13-8-14(21)5-3-11(13)9-15(12)17(10)18(16)20/h1-4,6-9H,5H2. The highest BCUT2D eigenvalue weighted by atomic mass is 35.5. The van der Waals surface area contributed by atoms with E-state index in [9.17, 15) is 4.79 Å². The lowest BCUT2D eigenvalue weighted by Crippen LogP contribution is -2.28. The number of rotatable bonds is 0. The first-order chi connectivity index (χ1) is 10.1. The van der Waals surface area contributed by atoms with E-state index in [-0.39, 0.29) is 5.78 Å². The quantitative estimate of drug-likeness (QED) is 0.577. The fourth-order valence-electron chi connectivity index (χ4n) is 2.91. The smallest absolute Gasteiger partial charge is 0.160 e. The highest BCUT2D eigenvalue weighted by molar-refractivity contribution is 6.46. The second kappa shape index (κ2) is 4.59. The van der Waals surface area contributed by atoms with Crippen LogP contribution in [0.25, 0.3) is 33.7 Å². The lowest BCUT2D eigenvalue weighted by Gasteiger charge is -2.09. The molecular formula is C18H10Cl2O. The molecule has 0 radical (unpaired) electrons. The van der Waals surface area contributed by atoms with E-state index in [2.05, 4.69) is 12.1 Å². The van der Waals surface area contributed by atoms with Crippen LogP contribution in [0.3, 0.4) is 0 Å². The summed E-state index contributed by atoms with van der Waals surface area (Å²) in [5.74, 6) is 0.142. The van der Waals surface area contributed by atoms with Gasteiger partial charge < -0.3 is 0 Å². The summed E-state index contributed by atoms with van der Waals surface area (Å²) in [6.45, 7) is 0. The molecule has 3 heteroatoms.